The van der Waals surface area contributed by atoms with Gasteiger partial charge in [-0.2, -0.15) is 0 Å². The highest BCUT2D eigenvalue weighted by molar-refractivity contribution is 7.47. The maximum absolute atomic E-state index is 13.1. The average Bonchev–Trinajstić information content (AvgIpc) is 0.905. The Labute approximate surface area is 645 Å². The first-order valence-electron chi connectivity index (χ1n) is 44.3. The van der Waals surface area contributed by atoms with Crippen LogP contribution in [0.25, 0.3) is 0 Å². The number of carbonyl (C=O) groups is 4. The first kappa shape index (κ1) is 103. The molecule has 0 aliphatic rings. The number of phosphoric acid groups is 2. The minimum Gasteiger partial charge on any atom is -0.462 e. The third-order valence-electron chi connectivity index (χ3n) is 20.1. The second-order valence-corrected chi connectivity index (χ2v) is 35.3. The summed E-state index contributed by atoms with van der Waals surface area (Å²) in [6, 6.07) is 0. The van der Waals surface area contributed by atoms with Gasteiger partial charge in [-0.15, -0.1) is 0 Å². The molecule has 0 amide bonds. The zero-order valence-corrected chi connectivity index (χ0v) is 71.0. The summed E-state index contributed by atoms with van der Waals surface area (Å²) in [5, 5.41) is 10.7. The Balaban J connectivity index is 5.27. The fraction of sp³-hybridized carbons (Fsp3) is 0.953. The van der Waals surface area contributed by atoms with Crippen LogP contribution in [-0.2, 0) is 65.4 Å². The van der Waals surface area contributed by atoms with E-state index in [1.165, 1.54) is 263 Å². The number of rotatable bonds is 84. The van der Waals surface area contributed by atoms with E-state index < -0.39 is 97.5 Å². The zero-order chi connectivity index (χ0) is 77.2. The number of esters is 4. The van der Waals surface area contributed by atoms with Crippen molar-refractivity contribution in [2.75, 3.05) is 39.6 Å². The van der Waals surface area contributed by atoms with E-state index in [2.05, 4.69) is 48.5 Å². The monoisotopic (exact) mass is 1540 g/mol. The first-order chi connectivity index (χ1) is 50.7. The number of carbonyl (C=O) groups excluding carboxylic acids is 4. The van der Waals surface area contributed by atoms with Crippen molar-refractivity contribution in [2.45, 2.75) is 471 Å². The van der Waals surface area contributed by atoms with Gasteiger partial charge in [-0.25, -0.2) is 9.13 Å². The molecule has 0 aromatic carbocycles. The van der Waals surface area contributed by atoms with Crippen LogP contribution in [0.4, 0.5) is 0 Å². The Morgan fingerprint density at radius 3 is 0.648 bits per heavy atom. The van der Waals surface area contributed by atoms with Gasteiger partial charge in [0, 0.05) is 25.7 Å². The van der Waals surface area contributed by atoms with Gasteiger partial charge in [0.2, 0.25) is 0 Å². The fourth-order valence-electron chi connectivity index (χ4n) is 13.4. The number of aliphatic hydroxyl groups excluding tert-OH is 1. The summed E-state index contributed by atoms with van der Waals surface area (Å²) in [6.45, 7) is 12.1. The molecule has 5 atom stereocenters. The van der Waals surface area contributed by atoms with E-state index in [4.69, 9.17) is 37.0 Å². The minimum atomic E-state index is -4.97. The van der Waals surface area contributed by atoms with Crippen LogP contribution < -0.4 is 0 Å². The Kier molecular flexibility index (Phi) is 74.7. The van der Waals surface area contributed by atoms with Gasteiger partial charge in [-0.3, -0.25) is 37.3 Å². The van der Waals surface area contributed by atoms with E-state index in [0.29, 0.717) is 25.7 Å². The second-order valence-electron chi connectivity index (χ2n) is 32.4. The maximum Gasteiger partial charge on any atom is 0.472 e. The molecule has 0 aromatic heterocycles. The van der Waals surface area contributed by atoms with Crippen LogP contribution in [0.1, 0.15) is 453 Å². The van der Waals surface area contributed by atoms with Gasteiger partial charge >= 0.3 is 39.5 Å². The summed E-state index contributed by atoms with van der Waals surface area (Å²) in [5.41, 5.74) is 0. The predicted molar refractivity (Wildman–Crippen MR) is 432 cm³/mol. The van der Waals surface area contributed by atoms with Crippen molar-refractivity contribution in [3.05, 3.63) is 0 Å². The van der Waals surface area contributed by atoms with Crippen LogP contribution in [0.5, 0.6) is 0 Å². The molecule has 624 valence electrons. The van der Waals surface area contributed by atoms with E-state index in [9.17, 15) is 43.2 Å². The number of aliphatic hydroxyl groups is 1. The molecule has 19 heteroatoms. The van der Waals surface area contributed by atoms with Crippen LogP contribution in [0.2, 0.25) is 0 Å². The predicted octanol–water partition coefficient (Wildman–Crippen LogP) is 26.1. The van der Waals surface area contributed by atoms with Gasteiger partial charge in [-0.05, 0) is 43.4 Å². The van der Waals surface area contributed by atoms with Crippen LogP contribution in [0.3, 0.4) is 0 Å². The number of hydrogen-bond acceptors (Lipinski definition) is 15. The lowest BCUT2D eigenvalue weighted by Gasteiger charge is -2.21. The quantitative estimate of drug-likeness (QED) is 0.0222. The molecule has 0 heterocycles. The highest BCUT2D eigenvalue weighted by Gasteiger charge is 2.30. The Morgan fingerprint density at radius 2 is 0.438 bits per heavy atom. The summed E-state index contributed by atoms with van der Waals surface area (Å²) in [4.78, 5) is 73.3. The Hall–Kier alpha value is -1.94. The lowest BCUT2D eigenvalue weighted by molar-refractivity contribution is -0.161. The van der Waals surface area contributed by atoms with Gasteiger partial charge < -0.3 is 33.8 Å². The van der Waals surface area contributed by atoms with Crippen molar-refractivity contribution in [2.24, 2.45) is 17.8 Å². The van der Waals surface area contributed by atoms with Gasteiger partial charge in [0.1, 0.15) is 19.3 Å². The average molecular weight is 1540 g/mol. The summed E-state index contributed by atoms with van der Waals surface area (Å²) in [6.07, 6.45) is 66.5. The highest BCUT2D eigenvalue weighted by atomic mass is 31.2. The molecule has 0 saturated heterocycles. The zero-order valence-electron chi connectivity index (χ0n) is 69.2. The molecule has 0 radical (unpaired) electrons. The minimum absolute atomic E-state index is 0.108. The van der Waals surface area contributed by atoms with Crippen molar-refractivity contribution in [3.8, 4) is 0 Å². The SMILES string of the molecule is CCCCCCCCCCCCCCCC(=O)OC[C@H](COP(=O)(O)OC[C@H](O)COP(=O)(O)OC[C@@H](COC(=O)CCCCCCCCCCCCCCCCC(C)C)OC(=O)CCCCCCCCCCCCCCCCCCC(C)C)OC(=O)CCCCCCCCCCCCCCCC(C)C. The Bertz CT molecular complexity index is 2030. The normalized spacial score (nSPS) is 13.9. The lowest BCUT2D eigenvalue weighted by Crippen LogP contribution is -2.30. The molecular weight excluding hydrogens is 1370 g/mol. The van der Waals surface area contributed by atoms with Gasteiger partial charge in [-0.1, -0.05) is 402 Å². The molecule has 0 saturated carbocycles. The number of phosphoric ester groups is 2. The van der Waals surface area contributed by atoms with Crippen molar-refractivity contribution in [3.63, 3.8) is 0 Å². The topological polar surface area (TPSA) is 237 Å². The molecule has 0 bridgehead atoms. The molecule has 0 aliphatic carbocycles. The van der Waals surface area contributed by atoms with E-state index >= 15 is 0 Å². The van der Waals surface area contributed by atoms with Gasteiger partial charge in [0.15, 0.2) is 12.2 Å². The van der Waals surface area contributed by atoms with E-state index in [0.717, 1.165) is 108 Å². The molecule has 3 N–H and O–H groups in total. The van der Waals surface area contributed by atoms with E-state index in [1.54, 1.807) is 0 Å². The van der Waals surface area contributed by atoms with Crippen LogP contribution in [-0.4, -0.2) is 96.7 Å². The summed E-state index contributed by atoms with van der Waals surface area (Å²) < 4.78 is 68.9. The van der Waals surface area contributed by atoms with E-state index in [1.807, 2.05) is 0 Å². The lowest BCUT2D eigenvalue weighted by atomic mass is 10.0. The summed E-state index contributed by atoms with van der Waals surface area (Å²) in [7, 11) is -9.93. The number of unbranched alkanes of at least 4 members (excludes halogenated alkanes) is 52. The molecule has 0 spiro atoms. The summed E-state index contributed by atoms with van der Waals surface area (Å²) >= 11 is 0. The molecule has 0 rings (SSSR count). The van der Waals surface area contributed by atoms with Crippen LogP contribution in [0, 0.1) is 17.8 Å². The molecule has 0 aliphatic heterocycles. The first-order valence-corrected chi connectivity index (χ1v) is 47.3. The second kappa shape index (κ2) is 76.1. The Morgan fingerprint density at radius 1 is 0.257 bits per heavy atom. The molecular formula is C86H168O17P2. The van der Waals surface area contributed by atoms with E-state index in [-0.39, 0.29) is 25.7 Å². The fourth-order valence-corrected chi connectivity index (χ4v) is 14.9. The standard InChI is InChI=1S/C86H168O17P2/c1-8-9-10-11-12-13-14-22-32-39-46-53-60-67-83(88)96-73-81(103-86(91)70-63-56-49-42-35-28-21-25-31-38-45-52-59-66-79(6)7)75-100-104(92,93)98-71-80(87)72-99-105(94,95)101-76-82(74-97-84(89)68-61-54-47-40-33-26-20-19-24-30-37-44-51-58-65-78(4)5)102-85(90)69-62-55-48-41-34-27-18-16-15-17-23-29-36-43-50-57-64-77(2)3/h77-82,87H,8-76H2,1-7H3,(H,92,93)(H,94,95)/t80-,81+,82+/m0/s1. The van der Waals surface area contributed by atoms with Crippen LogP contribution >= 0.6 is 15.6 Å². The maximum atomic E-state index is 13.1. The van der Waals surface area contributed by atoms with Crippen molar-refractivity contribution >= 4 is 39.5 Å². The summed E-state index contributed by atoms with van der Waals surface area (Å²) in [5.74, 6) is 0.293. The van der Waals surface area contributed by atoms with Crippen molar-refractivity contribution in [1.82, 2.24) is 0 Å². The van der Waals surface area contributed by atoms with Gasteiger partial charge in [0.25, 0.3) is 0 Å². The third-order valence-corrected chi connectivity index (χ3v) is 22.0. The van der Waals surface area contributed by atoms with Crippen LogP contribution in [0.15, 0.2) is 0 Å². The van der Waals surface area contributed by atoms with Crippen molar-refractivity contribution < 1.29 is 80.2 Å². The molecule has 17 nitrogen and oxygen atoms in total. The smallest absolute Gasteiger partial charge is 0.462 e. The van der Waals surface area contributed by atoms with Gasteiger partial charge in [0.05, 0.1) is 26.4 Å². The largest absolute Gasteiger partial charge is 0.472 e. The molecule has 105 heavy (non-hydrogen) atoms. The molecule has 2 unspecified atom stereocenters. The molecule has 0 fully saturated rings. The third kappa shape index (κ3) is 79.9. The number of ether oxygens (including phenoxy) is 4. The molecule has 0 aromatic rings. The van der Waals surface area contributed by atoms with Crippen molar-refractivity contribution in [1.29, 1.82) is 0 Å². The highest BCUT2D eigenvalue weighted by Crippen LogP contribution is 2.45. The number of hydrogen-bond donors (Lipinski definition) is 3.